The zero-order chi connectivity index (χ0) is 19.9. The molecule has 1 atom stereocenters. The van der Waals surface area contributed by atoms with Crippen molar-refractivity contribution < 1.29 is 4.74 Å². The summed E-state index contributed by atoms with van der Waals surface area (Å²) >= 11 is 0. The van der Waals surface area contributed by atoms with Gasteiger partial charge in [-0.15, -0.1) is 0 Å². The fraction of sp³-hybridized carbons (Fsp3) is 0.308. The maximum absolute atomic E-state index is 6.40. The Morgan fingerprint density at radius 3 is 2.66 bits per heavy atom. The average molecular weight is 387 g/mol. The number of nitrogens with one attached hydrogen (secondary N) is 1. The van der Waals surface area contributed by atoms with Gasteiger partial charge in [0.1, 0.15) is 0 Å². The van der Waals surface area contributed by atoms with Crippen molar-refractivity contribution in [1.82, 2.24) is 0 Å². The highest BCUT2D eigenvalue weighted by molar-refractivity contribution is 5.78. The van der Waals surface area contributed by atoms with E-state index in [4.69, 9.17) is 4.74 Å². The predicted molar refractivity (Wildman–Crippen MR) is 122 cm³/mol. The SMILES string of the molecule is CCCCC(OCc1cccc(N2CCNc3ccccc32)c1)c1ccccc1. The maximum Gasteiger partial charge on any atom is 0.0829 e. The van der Waals surface area contributed by atoms with Gasteiger partial charge in [-0.2, -0.15) is 0 Å². The molecule has 3 aromatic carbocycles. The molecule has 3 aromatic rings. The number of rotatable bonds is 8. The summed E-state index contributed by atoms with van der Waals surface area (Å²) in [6.07, 6.45) is 3.58. The van der Waals surface area contributed by atoms with Crippen molar-refractivity contribution in [3.05, 3.63) is 90.0 Å². The van der Waals surface area contributed by atoms with E-state index in [1.807, 2.05) is 0 Å². The molecule has 3 nitrogen and oxygen atoms in total. The molecule has 0 spiro atoms. The average Bonchev–Trinajstić information content (AvgIpc) is 2.79. The van der Waals surface area contributed by atoms with Crippen molar-refractivity contribution in [2.24, 2.45) is 0 Å². The van der Waals surface area contributed by atoms with Crippen LogP contribution in [0.15, 0.2) is 78.9 Å². The summed E-state index contributed by atoms with van der Waals surface area (Å²) < 4.78 is 6.40. The van der Waals surface area contributed by atoms with Gasteiger partial charge in [0.05, 0.1) is 24.1 Å². The van der Waals surface area contributed by atoms with Gasteiger partial charge in [-0.3, -0.25) is 0 Å². The summed E-state index contributed by atoms with van der Waals surface area (Å²) in [5, 5.41) is 3.49. The lowest BCUT2D eigenvalue weighted by atomic mass is 10.0. The van der Waals surface area contributed by atoms with E-state index in [1.54, 1.807) is 0 Å². The molecule has 4 rings (SSSR count). The minimum atomic E-state index is 0.153. The molecule has 29 heavy (non-hydrogen) atoms. The zero-order valence-corrected chi connectivity index (χ0v) is 17.2. The van der Waals surface area contributed by atoms with Gasteiger partial charge in [0.2, 0.25) is 0 Å². The molecule has 0 fully saturated rings. The van der Waals surface area contributed by atoms with Crippen molar-refractivity contribution in [2.75, 3.05) is 23.3 Å². The Morgan fingerprint density at radius 1 is 0.966 bits per heavy atom. The molecule has 0 radical (unpaired) electrons. The Bertz CT molecular complexity index is 909. The molecule has 3 heteroatoms. The monoisotopic (exact) mass is 386 g/mol. The fourth-order valence-corrected chi connectivity index (χ4v) is 3.96. The van der Waals surface area contributed by atoms with Crippen molar-refractivity contribution in [3.8, 4) is 0 Å². The van der Waals surface area contributed by atoms with Crippen molar-refractivity contribution in [3.63, 3.8) is 0 Å². The molecule has 0 aromatic heterocycles. The van der Waals surface area contributed by atoms with E-state index in [0.29, 0.717) is 6.61 Å². The van der Waals surface area contributed by atoms with E-state index < -0.39 is 0 Å². The highest BCUT2D eigenvalue weighted by Gasteiger charge is 2.18. The van der Waals surface area contributed by atoms with E-state index >= 15 is 0 Å². The molecule has 0 amide bonds. The maximum atomic E-state index is 6.40. The third-order valence-corrected chi connectivity index (χ3v) is 5.51. The van der Waals surface area contributed by atoms with E-state index in [1.165, 1.54) is 41.0 Å². The summed E-state index contributed by atoms with van der Waals surface area (Å²) in [7, 11) is 0. The Balaban J connectivity index is 1.49. The van der Waals surface area contributed by atoms with Crippen LogP contribution >= 0.6 is 0 Å². The number of unbranched alkanes of at least 4 members (excludes halogenated alkanes) is 1. The number of para-hydroxylation sites is 2. The van der Waals surface area contributed by atoms with Crippen LogP contribution in [0.1, 0.15) is 43.4 Å². The van der Waals surface area contributed by atoms with Crippen molar-refractivity contribution in [2.45, 2.75) is 38.9 Å². The van der Waals surface area contributed by atoms with Crippen LogP contribution in [-0.4, -0.2) is 13.1 Å². The zero-order valence-electron chi connectivity index (χ0n) is 17.2. The van der Waals surface area contributed by atoms with Crippen LogP contribution in [0.25, 0.3) is 0 Å². The Morgan fingerprint density at radius 2 is 1.79 bits per heavy atom. The van der Waals surface area contributed by atoms with Gasteiger partial charge in [0, 0.05) is 18.8 Å². The van der Waals surface area contributed by atoms with E-state index in [9.17, 15) is 0 Å². The highest BCUT2D eigenvalue weighted by Crippen LogP contribution is 2.35. The van der Waals surface area contributed by atoms with Crippen LogP contribution in [-0.2, 0) is 11.3 Å². The van der Waals surface area contributed by atoms with Gasteiger partial charge in [-0.05, 0) is 41.8 Å². The summed E-state index contributed by atoms with van der Waals surface area (Å²) in [4.78, 5) is 2.39. The predicted octanol–water partition coefficient (Wildman–Crippen LogP) is 6.70. The molecule has 0 saturated carbocycles. The summed E-state index contributed by atoms with van der Waals surface area (Å²) in [5.74, 6) is 0. The molecule has 0 bridgehead atoms. The molecule has 1 heterocycles. The quantitative estimate of drug-likeness (QED) is 0.466. The smallest absolute Gasteiger partial charge is 0.0829 e. The number of ether oxygens (including phenoxy) is 1. The molecule has 0 saturated heterocycles. The molecular weight excluding hydrogens is 356 g/mol. The van der Waals surface area contributed by atoms with Gasteiger partial charge in [0.15, 0.2) is 0 Å². The number of nitrogens with zero attached hydrogens (tertiary/aromatic N) is 1. The minimum Gasteiger partial charge on any atom is -0.382 e. The van der Waals surface area contributed by atoms with Crippen LogP contribution in [0.5, 0.6) is 0 Å². The van der Waals surface area contributed by atoms with E-state index in [0.717, 1.165) is 19.5 Å². The van der Waals surface area contributed by atoms with Crippen LogP contribution in [0, 0.1) is 0 Å². The standard InChI is InChI=1S/C26H30N2O/c1-2-3-16-26(22-11-5-4-6-12-22)29-20-21-10-9-13-23(19-21)28-18-17-27-24-14-7-8-15-25(24)28/h4-15,19,26-27H,2-3,16-18,20H2,1H3. The van der Waals surface area contributed by atoms with Crippen LogP contribution in [0.3, 0.4) is 0 Å². The first-order valence-electron chi connectivity index (χ1n) is 10.7. The Hall–Kier alpha value is -2.78. The summed E-state index contributed by atoms with van der Waals surface area (Å²) in [5.41, 5.74) is 6.15. The van der Waals surface area contributed by atoms with E-state index in [-0.39, 0.29) is 6.10 Å². The molecule has 0 aliphatic carbocycles. The number of fused-ring (bicyclic) bond motifs is 1. The molecular formula is C26H30N2O. The molecule has 150 valence electrons. The second-order valence-corrected chi connectivity index (χ2v) is 7.62. The van der Waals surface area contributed by atoms with Gasteiger partial charge in [-0.25, -0.2) is 0 Å². The number of anilines is 3. The lowest BCUT2D eigenvalue weighted by Gasteiger charge is -2.32. The van der Waals surface area contributed by atoms with Crippen molar-refractivity contribution >= 4 is 17.1 Å². The third kappa shape index (κ3) is 4.80. The minimum absolute atomic E-state index is 0.153. The summed E-state index contributed by atoms with van der Waals surface area (Å²) in [6, 6.07) is 27.9. The third-order valence-electron chi connectivity index (χ3n) is 5.51. The van der Waals surface area contributed by atoms with Crippen LogP contribution in [0.4, 0.5) is 17.1 Å². The lowest BCUT2D eigenvalue weighted by molar-refractivity contribution is 0.0324. The second-order valence-electron chi connectivity index (χ2n) is 7.62. The Kier molecular flexibility index (Phi) is 6.48. The molecule has 1 N–H and O–H groups in total. The normalized spacial score (nSPS) is 14.2. The first-order valence-corrected chi connectivity index (χ1v) is 10.7. The molecule has 1 aliphatic heterocycles. The van der Waals surface area contributed by atoms with Gasteiger partial charge in [0.25, 0.3) is 0 Å². The first-order chi connectivity index (χ1) is 14.3. The van der Waals surface area contributed by atoms with Crippen LogP contribution in [0.2, 0.25) is 0 Å². The molecule has 1 aliphatic rings. The Labute approximate surface area is 174 Å². The summed E-state index contributed by atoms with van der Waals surface area (Å²) in [6.45, 7) is 4.77. The van der Waals surface area contributed by atoms with Gasteiger partial charge < -0.3 is 15.0 Å². The second kappa shape index (κ2) is 9.62. The first kappa shape index (κ1) is 19.5. The highest BCUT2D eigenvalue weighted by atomic mass is 16.5. The number of hydrogen-bond acceptors (Lipinski definition) is 3. The van der Waals surface area contributed by atoms with Gasteiger partial charge in [-0.1, -0.05) is 74.4 Å². The largest absolute Gasteiger partial charge is 0.382 e. The molecule has 1 unspecified atom stereocenters. The topological polar surface area (TPSA) is 24.5 Å². The van der Waals surface area contributed by atoms with Gasteiger partial charge >= 0.3 is 0 Å². The van der Waals surface area contributed by atoms with E-state index in [2.05, 4.69) is 96.0 Å². The van der Waals surface area contributed by atoms with Crippen molar-refractivity contribution in [1.29, 1.82) is 0 Å². The number of benzene rings is 3. The fourth-order valence-electron chi connectivity index (χ4n) is 3.96. The van der Waals surface area contributed by atoms with Crippen LogP contribution < -0.4 is 10.2 Å². The lowest BCUT2D eigenvalue weighted by Crippen LogP contribution is -2.30. The number of hydrogen-bond donors (Lipinski definition) is 1.